The molecule has 142 valence electrons. The van der Waals surface area contributed by atoms with E-state index in [2.05, 4.69) is 15.0 Å². The van der Waals surface area contributed by atoms with Crippen molar-refractivity contribution in [2.75, 3.05) is 13.6 Å². The summed E-state index contributed by atoms with van der Waals surface area (Å²) in [6, 6.07) is 1.15. The van der Waals surface area contributed by atoms with E-state index < -0.39 is 10.0 Å². The molecular weight excluding hydrogens is 366 g/mol. The van der Waals surface area contributed by atoms with Gasteiger partial charge < -0.3 is 14.8 Å². The number of amides is 1. The van der Waals surface area contributed by atoms with E-state index >= 15 is 0 Å². The molecule has 0 aromatic carbocycles. The number of piperidine rings is 1. The number of aryl methyl sites for hydroxylation is 2. The number of rotatable bonds is 5. The molecule has 1 aromatic rings. The van der Waals surface area contributed by atoms with Crippen molar-refractivity contribution in [3.05, 3.63) is 12.0 Å². The maximum atomic E-state index is 12.4. The third-order valence-corrected chi connectivity index (χ3v) is 6.44. The van der Waals surface area contributed by atoms with Crippen molar-refractivity contribution in [3.63, 3.8) is 0 Å². The highest BCUT2D eigenvalue weighted by molar-refractivity contribution is 7.89. The molecule has 2 saturated heterocycles. The number of carbonyl (C=O) groups is 1. The van der Waals surface area contributed by atoms with Gasteiger partial charge in [-0.25, -0.2) is 18.1 Å². The number of likely N-dealkylation sites (N-methyl/N-ethyl adjacent to an activating group) is 1. The maximum Gasteiger partial charge on any atom is 0.260 e. The molecule has 25 heavy (non-hydrogen) atoms. The molecule has 3 rings (SSSR count). The molecule has 0 aliphatic carbocycles. The van der Waals surface area contributed by atoms with E-state index in [1.807, 2.05) is 0 Å². The van der Waals surface area contributed by atoms with Crippen LogP contribution < -0.4 is 10.0 Å². The first kappa shape index (κ1) is 20.2. The molecule has 0 saturated carbocycles. The molecular formula is C15H26ClN5O3S. The standard InChI is InChI=1S/C15H25N5O3S.ClH/c1-10-17-14(9-19(10)2)24(22,23)16-8-15(21)20(3)13-6-11-4-5-12(7-13)18-11;/h9,11-13,16,18H,4-8H2,1-3H3;1H. The van der Waals surface area contributed by atoms with Gasteiger partial charge in [-0.3, -0.25) is 4.79 Å². The van der Waals surface area contributed by atoms with Crippen LogP contribution in [0.4, 0.5) is 0 Å². The molecule has 10 heteroatoms. The first-order valence-corrected chi connectivity index (χ1v) is 9.76. The Morgan fingerprint density at radius 3 is 2.52 bits per heavy atom. The number of hydrogen-bond donors (Lipinski definition) is 2. The number of imidazole rings is 1. The smallest absolute Gasteiger partial charge is 0.260 e. The van der Waals surface area contributed by atoms with Crippen molar-refractivity contribution < 1.29 is 13.2 Å². The fourth-order valence-electron chi connectivity index (χ4n) is 3.56. The number of halogens is 1. The Bertz CT molecular complexity index is 704. The van der Waals surface area contributed by atoms with Crippen molar-refractivity contribution in [2.45, 2.75) is 55.8 Å². The van der Waals surface area contributed by atoms with Crippen molar-refractivity contribution in [3.8, 4) is 0 Å². The van der Waals surface area contributed by atoms with Gasteiger partial charge >= 0.3 is 0 Å². The molecule has 2 N–H and O–H groups in total. The van der Waals surface area contributed by atoms with Crippen LogP contribution in [0, 0.1) is 6.92 Å². The minimum atomic E-state index is -3.77. The van der Waals surface area contributed by atoms with E-state index in [1.165, 1.54) is 6.20 Å². The summed E-state index contributed by atoms with van der Waals surface area (Å²) in [6.45, 7) is 1.48. The number of aromatic nitrogens is 2. The van der Waals surface area contributed by atoms with E-state index in [-0.39, 0.29) is 35.9 Å². The average molecular weight is 392 g/mol. The Morgan fingerprint density at radius 1 is 1.40 bits per heavy atom. The highest BCUT2D eigenvalue weighted by atomic mass is 35.5. The Balaban J connectivity index is 0.00000225. The Morgan fingerprint density at radius 2 is 2.00 bits per heavy atom. The number of carbonyl (C=O) groups excluding carboxylic acids is 1. The van der Waals surface area contributed by atoms with Crippen LogP contribution in [0.3, 0.4) is 0 Å². The summed E-state index contributed by atoms with van der Waals surface area (Å²) in [7, 11) is -0.283. The molecule has 3 heterocycles. The summed E-state index contributed by atoms with van der Waals surface area (Å²) in [5.41, 5.74) is 0. The van der Waals surface area contributed by atoms with Crippen LogP contribution in [0.1, 0.15) is 31.5 Å². The van der Waals surface area contributed by atoms with Crippen molar-refractivity contribution in [2.24, 2.45) is 7.05 Å². The molecule has 2 unspecified atom stereocenters. The number of sulfonamides is 1. The fourth-order valence-corrected chi connectivity index (χ4v) is 4.57. The molecule has 0 spiro atoms. The monoisotopic (exact) mass is 391 g/mol. The van der Waals surface area contributed by atoms with Gasteiger partial charge in [0.05, 0.1) is 6.54 Å². The molecule has 2 aliphatic rings. The molecule has 2 fully saturated rings. The highest BCUT2D eigenvalue weighted by Crippen LogP contribution is 2.29. The topological polar surface area (TPSA) is 96.3 Å². The van der Waals surface area contributed by atoms with Gasteiger partial charge in [0.25, 0.3) is 10.0 Å². The van der Waals surface area contributed by atoms with Crippen LogP contribution in [0.15, 0.2) is 11.2 Å². The first-order valence-electron chi connectivity index (χ1n) is 8.27. The van der Waals surface area contributed by atoms with E-state index in [0.29, 0.717) is 17.9 Å². The van der Waals surface area contributed by atoms with Gasteiger partial charge in [-0.2, -0.15) is 0 Å². The molecule has 2 aliphatic heterocycles. The van der Waals surface area contributed by atoms with Crippen LogP contribution in [0.25, 0.3) is 0 Å². The predicted octanol–water partition coefficient (Wildman–Crippen LogP) is 0.170. The van der Waals surface area contributed by atoms with Crippen LogP contribution in [0.5, 0.6) is 0 Å². The lowest BCUT2D eigenvalue weighted by Gasteiger charge is -2.35. The third-order valence-electron chi connectivity index (χ3n) is 5.16. The SMILES string of the molecule is Cc1nc(S(=O)(=O)NCC(=O)N(C)C2CC3CCC(C2)N3)cn1C.Cl. The lowest BCUT2D eigenvalue weighted by molar-refractivity contribution is -0.131. The van der Waals surface area contributed by atoms with Crippen LogP contribution in [-0.2, 0) is 21.9 Å². The Hall–Kier alpha value is -1.16. The summed E-state index contributed by atoms with van der Waals surface area (Å²) in [5.74, 6) is 0.390. The van der Waals surface area contributed by atoms with Gasteiger partial charge in [-0.05, 0) is 32.6 Å². The largest absolute Gasteiger partial charge is 0.342 e. The summed E-state index contributed by atoms with van der Waals surface area (Å²) in [5, 5.41) is 3.48. The third kappa shape index (κ3) is 4.33. The van der Waals surface area contributed by atoms with Crippen molar-refractivity contribution in [1.29, 1.82) is 0 Å². The number of hydrogen-bond acceptors (Lipinski definition) is 5. The summed E-state index contributed by atoms with van der Waals surface area (Å²) in [4.78, 5) is 18.1. The second-order valence-corrected chi connectivity index (χ2v) is 8.54. The zero-order valence-electron chi connectivity index (χ0n) is 14.7. The lowest BCUT2D eigenvalue weighted by atomic mass is 9.98. The number of fused-ring (bicyclic) bond motifs is 2. The minimum absolute atomic E-state index is 0. The predicted molar refractivity (Wildman–Crippen MR) is 96.1 cm³/mol. The Labute approximate surface area is 154 Å². The van der Waals surface area contributed by atoms with Gasteiger partial charge in [0, 0.05) is 38.4 Å². The van der Waals surface area contributed by atoms with Crippen LogP contribution >= 0.6 is 12.4 Å². The van der Waals surface area contributed by atoms with Gasteiger partial charge in [0.15, 0.2) is 5.03 Å². The minimum Gasteiger partial charge on any atom is -0.342 e. The zero-order chi connectivity index (χ0) is 17.5. The Kier molecular flexibility index (Phi) is 6.13. The van der Waals surface area contributed by atoms with Gasteiger partial charge in [0.1, 0.15) is 5.82 Å². The molecule has 2 atom stereocenters. The molecule has 8 nitrogen and oxygen atoms in total. The lowest BCUT2D eigenvalue weighted by Crippen LogP contribution is -2.50. The van der Waals surface area contributed by atoms with Crippen LogP contribution in [0.2, 0.25) is 0 Å². The second-order valence-electron chi connectivity index (χ2n) is 6.83. The molecule has 1 aromatic heterocycles. The van der Waals surface area contributed by atoms with E-state index in [0.717, 1.165) is 25.7 Å². The van der Waals surface area contributed by atoms with Crippen molar-refractivity contribution >= 4 is 28.3 Å². The van der Waals surface area contributed by atoms with Crippen LogP contribution in [-0.4, -0.2) is 60.5 Å². The number of nitrogens with zero attached hydrogens (tertiary/aromatic N) is 3. The summed E-state index contributed by atoms with van der Waals surface area (Å²) >= 11 is 0. The van der Waals surface area contributed by atoms with Gasteiger partial charge in [-0.1, -0.05) is 0 Å². The van der Waals surface area contributed by atoms with E-state index in [9.17, 15) is 13.2 Å². The maximum absolute atomic E-state index is 12.4. The van der Waals surface area contributed by atoms with Gasteiger partial charge in [0.2, 0.25) is 5.91 Å². The second kappa shape index (κ2) is 7.61. The molecule has 0 radical (unpaired) electrons. The molecule has 1 amide bonds. The number of nitrogens with one attached hydrogen (secondary N) is 2. The van der Waals surface area contributed by atoms with E-state index in [1.54, 1.807) is 30.5 Å². The summed E-state index contributed by atoms with van der Waals surface area (Å²) < 4.78 is 28.5. The normalized spacial score (nSPS) is 25.5. The van der Waals surface area contributed by atoms with Crippen molar-refractivity contribution in [1.82, 2.24) is 24.5 Å². The summed E-state index contributed by atoms with van der Waals surface area (Å²) in [6.07, 6.45) is 5.63. The average Bonchev–Trinajstić information content (AvgIpc) is 3.06. The fraction of sp³-hybridized carbons (Fsp3) is 0.733. The van der Waals surface area contributed by atoms with Gasteiger partial charge in [-0.15, -0.1) is 12.4 Å². The molecule has 2 bridgehead atoms. The quantitative estimate of drug-likeness (QED) is 0.745. The first-order chi connectivity index (χ1) is 11.3. The zero-order valence-corrected chi connectivity index (χ0v) is 16.4. The van der Waals surface area contributed by atoms with E-state index in [4.69, 9.17) is 0 Å². The highest BCUT2D eigenvalue weighted by Gasteiger charge is 2.36.